The molecule has 0 bridgehead atoms. The SMILES string of the molecule is CCOC1CC(N)(C(=O)Nc2cc(NC(C)=O)ccc2Cl)C1(C)C.Cl. The molecule has 4 N–H and O–H groups in total. The molecule has 2 amide bonds. The average Bonchev–Trinajstić information content (AvgIpc) is 2.49. The van der Waals surface area contributed by atoms with Gasteiger partial charge in [-0.1, -0.05) is 25.4 Å². The average molecular weight is 390 g/mol. The minimum atomic E-state index is -1.04. The molecule has 1 aliphatic rings. The van der Waals surface area contributed by atoms with Crippen LogP contribution in [-0.2, 0) is 14.3 Å². The number of nitrogens with one attached hydrogen (secondary N) is 2. The predicted molar refractivity (Wildman–Crippen MR) is 102 cm³/mol. The number of amides is 2. The van der Waals surface area contributed by atoms with Gasteiger partial charge in [0.2, 0.25) is 11.8 Å². The summed E-state index contributed by atoms with van der Waals surface area (Å²) in [5, 5.41) is 5.81. The molecule has 0 saturated heterocycles. The van der Waals surface area contributed by atoms with Crippen LogP contribution in [0.3, 0.4) is 0 Å². The summed E-state index contributed by atoms with van der Waals surface area (Å²) in [5.41, 5.74) is 5.78. The summed E-state index contributed by atoms with van der Waals surface area (Å²) in [7, 11) is 0. The molecule has 1 saturated carbocycles. The molecule has 0 radical (unpaired) electrons. The van der Waals surface area contributed by atoms with Crippen molar-refractivity contribution in [2.24, 2.45) is 11.1 Å². The van der Waals surface area contributed by atoms with Gasteiger partial charge in [0.05, 0.1) is 16.8 Å². The smallest absolute Gasteiger partial charge is 0.245 e. The van der Waals surface area contributed by atoms with Crippen molar-refractivity contribution in [3.63, 3.8) is 0 Å². The molecule has 1 aromatic rings. The number of benzene rings is 1. The molecule has 1 aliphatic carbocycles. The van der Waals surface area contributed by atoms with Crippen LogP contribution in [0.25, 0.3) is 0 Å². The van der Waals surface area contributed by atoms with Gasteiger partial charge in [0, 0.05) is 31.1 Å². The van der Waals surface area contributed by atoms with E-state index in [4.69, 9.17) is 22.1 Å². The number of carbonyl (C=O) groups excluding carboxylic acids is 2. The summed E-state index contributed by atoms with van der Waals surface area (Å²) >= 11 is 6.14. The summed E-state index contributed by atoms with van der Waals surface area (Å²) < 4.78 is 5.64. The Labute approximate surface area is 159 Å². The monoisotopic (exact) mass is 389 g/mol. The quantitative estimate of drug-likeness (QED) is 0.720. The highest BCUT2D eigenvalue weighted by atomic mass is 35.5. The number of carbonyl (C=O) groups is 2. The highest BCUT2D eigenvalue weighted by Gasteiger charge is 2.62. The van der Waals surface area contributed by atoms with E-state index in [0.717, 1.165) is 0 Å². The lowest BCUT2D eigenvalue weighted by Gasteiger charge is -2.57. The molecule has 0 heterocycles. The fraction of sp³-hybridized carbons (Fsp3) is 0.529. The van der Waals surface area contributed by atoms with Crippen LogP contribution >= 0.6 is 24.0 Å². The molecule has 25 heavy (non-hydrogen) atoms. The zero-order valence-electron chi connectivity index (χ0n) is 14.8. The first-order valence-corrected chi connectivity index (χ1v) is 8.28. The van der Waals surface area contributed by atoms with Crippen molar-refractivity contribution < 1.29 is 14.3 Å². The Morgan fingerprint density at radius 1 is 1.36 bits per heavy atom. The van der Waals surface area contributed by atoms with E-state index in [-0.39, 0.29) is 30.3 Å². The second-order valence-corrected chi connectivity index (χ2v) is 7.08. The summed E-state index contributed by atoms with van der Waals surface area (Å²) in [6.07, 6.45) is 0.391. The van der Waals surface area contributed by atoms with E-state index in [1.807, 2.05) is 20.8 Å². The maximum absolute atomic E-state index is 12.7. The zero-order chi connectivity index (χ0) is 18.1. The Bertz CT molecular complexity index is 667. The van der Waals surface area contributed by atoms with Gasteiger partial charge in [-0.25, -0.2) is 0 Å². The van der Waals surface area contributed by atoms with Crippen LogP contribution in [0.15, 0.2) is 18.2 Å². The number of anilines is 2. The van der Waals surface area contributed by atoms with Crippen LogP contribution in [-0.4, -0.2) is 30.1 Å². The Hall–Kier alpha value is -1.34. The van der Waals surface area contributed by atoms with Crippen molar-refractivity contribution in [2.45, 2.75) is 45.8 Å². The minimum Gasteiger partial charge on any atom is -0.378 e. The Kier molecular flexibility index (Phi) is 6.87. The lowest BCUT2D eigenvalue weighted by atomic mass is 9.54. The first-order chi connectivity index (χ1) is 11.1. The molecule has 2 atom stereocenters. The van der Waals surface area contributed by atoms with Gasteiger partial charge in [0.25, 0.3) is 0 Å². The van der Waals surface area contributed by atoms with Crippen LogP contribution in [0, 0.1) is 5.41 Å². The molecule has 0 aromatic heterocycles. The topological polar surface area (TPSA) is 93.4 Å². The number of hydrogen-bond donors (Lipinski definition) is 3. The molecule has 8 heteroatoms. The van der Waals surface area contributed by atoms with E-state index in [0.29, 0.717) is 29.4 Å². The number of ether oxygens (including phenoxy) is 1. The second kappa shape index (κ2) is 7.91. The van der Waals surface area contributed by atoms with Gasteiger partial charge in [0.1, 0.15) is 5.54 Å². The Morgan fingerprint density at radius 2 is 2.00 bits per heavy atom. The van der Waals surface area contributed by atoms with Gasteiger partial charge in [-0.2, -0.15) is 0 Å². The minimum absolute atomic E-state index is 0. The number of halogens is 2. The summed E-state index contributed by atoms with van der Waals surface area (Å²) in [6, 6.07) is 4.88. The fourth-order valence-corrected chi connectivity index (χ4v) is 3.12. The molecular formula is C17H25Cl2N3O3. The van der Waals surface area contributed by atoms with Gasteiger partial charge < -0.3 is 21.1 Å². The van der Waals surface area contributed by atoms with Crippen molar-refractivity contribution in [3.8, 4) is 0 Å². The maximum atomic E-state index is 12.7. The summed E-state index contributed by atoms with van der Waals surface area (Å²) in [4.78, 5) is 23.9. The van der Waals surface area contributed by atoms with E-state index in [1.165, 1.54) is 6.92 Å². The number of nitrogens with two attached hydrogens (primary N) is 1. The van der Waals surface area contributed by atoms with E-state index >= 15 is 0 Å². The van der Waals surface area contributed by atoms with Crippen LogP contribution in [0.1, 0.15) is 34.1 Å². The molecule has 6 nitrogen and oxygen atoms in total. The van der Waals surface area contributed by atoms with Crippen molar-refractivity contribution in [3.05, 3.63) is 23.2 Å². The van der Waals surface area contributed by atoms with Gasteiger partial charge >= 0.3 is 0 Å². The zero-order valence-corrected chi connectivity index (χ0v) is 16.4. The first-order valence-electron chi connectivity index (χ1n) is 7.91. The van der Waals surface area contributed by atoms with Crippen molar-refractivity contribution in [1.82, 2.24) is 0 Å². The molecule has 0 aliphatic heterocycles. The maximum Gasteiger partial charge on any atom is 0.245 e. The van der Waals surface area contributed by atoms with E-state index in [2.05, 4.69) is 10.6 Å². The van der Waals surface area contributed by atoms with Gasteiger partial charge in [-0.3, -0.25) is 9.59 Å². The van der Waals surface area contributed by atoms with Crippen molar-refractivity contribution >= 4 is 47.2 Å². The van der Waals surface area contributed by atoms with Crippen molar-refractivity contribution in [1.29, 1.82) is 0 Å². The summed E-state index contributed by atoms with van der Waals surface area (Å²) in [5.74, 6) is -0.519. The standard InChI is InChI=1S/C17H24ClN3O3.ClH/c1-5-24-14-9-17(19,16(14,3)4)15(23)21-13-8-11(20-10(2)22)6-7-12(13)18;/h6-8,14H,5,9,19H2,1-4H3,(H,20,22)(H,21,23);1H. The van der Waals surface area contributed by atoms with E-state index in [1.54, 1.807) is 18.2 Å². The number of hydrogen-bond acceptors (Lipinski definition) is 4. The highest BCUT2D eigenvalue weighted by molar-refractivity contribution is 6.34. The Morgan fingerprint density at radius 3 is 2.52 bits per heavy atom. The van der Waals surface area contributed by atoms with Crippen LogP contribution in [0.4, 0.5) is 11.4 Å². The van der Waals surface area contributed by atoms with Gasteiger partial charge in [-0.05, 0) is 25.1 Å². The molecule has 1 aromatic carbocycles. The van der Waals surface area contributed by atoms with E-state index in [9.17, 15) is 9.59 Å². The Balaban J connectivity index is 0.00000312. The summed E-state index contributed by atoms with van der Waals surface area (Å²) in [6.45, 7) is 7.75. The first kappa shape index (κ1) is 21.7. The van der Waals surface area contributed by atoms with Crippen LogP contribution in [0.5, 0.6) is 0 Å². The molecular weight excluding hydrogens is 365 g/mol. The third-order valence-electron chi connectivity index (χ3n) is 4.77. The molecule has 0 spiro atoms. The molecule has 1 fully saturated rings. The van der Waals surface area contributed by atoms with Gasteiger partial charge in [0.15, 0.2) is 0 Å². The predicted octanol–water partition coefficient (Wildman–Crippen LogP) is 3.19. The normalized spacial score (nSPS) is 23.8. The third kappa shape index (κ3) is 4.08. The lowest BCUT2D eigenvalue weighted by molar-refractivity contribution is -0.166. The molecule has 2 rings (SSSR count). The fourth-order valence-electron chi connectivity index (χ4n) is 2.96. The lowest BCUT2D eigenvalue weighted by Crippen LogP contribution is -2.74. The second-order valence-electron chi connectivity index (χ2n) is 6.67. The van der Waals surface area contributed by atoms with Crippen molar-refractivity contribution in [2.75, 3.05) is 17.2 Å². The van der Waals surface area contributed by atoms with Crippen LogP contribution in [0.2, 0.25) is 5.02 Å². The molecule has 2 unspecified atom stereocenters. The van der Waals surface area contributed by atoms with Gasteiger partial charge in [-0.15, -0.1) is 12.4 Å². The number of rotatable bonds is 5. The van der Waals surface area contributed by atoms with E-state index < -0.39 is 11.0 Å². The molecule has 140 valence electrons. The largest absolute Gasteiger partial charge is 0.378 e. The van der Waals surface area contributed by atoms with Crippen LogP contribution < -0.4 is 16.4 Å². The highest BCUT2D eigenvalue weighted by Crippen LogP contribution is 2.50. The third-order valence-corrected chi connectivity index (χ3v) is 5.10.